The van der Waals surface area contributed by atoms with Crippen LogP contribution >= 0.6 is 11.6 Å². The molecule has 1 fully saturated rings. The van der Waals surface area contributed by atoms with Crippen molar-refractivity contribution in [3.8, 4) is 0 Å². The van der Waals surface area contributed by atoms with Crippen LogP contribution in [0.3, 0.4) is 0 Å². The molecule has 2 heterocycles. The standard InChI is InChI=1S/C11H17ClN4/c1-8-4-2-3-5-16(8)7-9-6-10(12)15-11(13)14-9/h6,8H,2-5,7H2,1H3,(H2,13,14,15). The summed E-state index contributed by atoms with van der Waals surface area (Å²) in [4.78, 5) is 10.5. The van der Waals surface area contributed by atoms with Crippen molar-refractivity contribution in [1.82, 2.24) is 14.9 Å². The average Bonchev–Trinajstić information content (AvgIpc) is 2.20. The number of piperidine rings is 1. The highest BCUT2D eigenvalue weighted by atomic mass is 35.5. The zero-order valence-corrected chi connectivity index (χ0v) is 10.2. The van der Waals surface area contributed by atoms with Gasteiger partial charge >= 0.3 is 0 Å². The summed E-state index contributed by atoms with van der Waals surface area (Å²) in [6, 6.07) is 2.41. The molecule has 4 nitrogen and oxygen atoms in total. The molecule has 1 aliphatic heterocycles. The van der Waals surface area contributed by atoms with E-state index in [1.807, 2.05) is 0 Å². The molecule has 16 heavy (non-hydrogen) atoms. The minimum Gasteiger partial charge on any atom is -0.368 e. The Kier molecular flexibility index (Phi) is 3.61. The zero-order valence-electron chi connectivity index (χ0n) is 9.49. The number of likely N-dealkylation sites (tertiary alicyclic amines) is 1. The van der Waals surface area contributed by atoms with E-state index in [2.05, 4.69) is 21.8 Å². The molecule has 0 spiro atoms. The second-order valence-corrected chi connectivity index (χ2v) is 4.74. The van der Waals surface area contributed by atoms with Crippen LogP contribution in [-0.2, 0) is 6.54 Å². The van der Waals surface area contributed by atoms with E-state index in [-0.39, 0.29) is 5.95 Å². The summed E-state index contributed by atoms with van der Waals surface area (Å²) in [5.74, 6) is 0.257. The molecular formula is C11H17ClN4. The van der Waals surface area contributed by atoms with E-state index < -0.39 is 0 Å². The zero-order chi connectivity index (χ0) is 11.5. The largest absolute Gasteiger partial charge is 0.368 e. The minimum atomic E-state index is 0.257. The normalized spacial score (nSPS) is 22.2. The predicted octanol–water partition coefficient (Wildman–Crippen LogP) is 2.09. The Hall–Kier alpha value is -0.870. The lowest BCUT2D eigenvalue weighted by atomic mass is 10.0. The van der Waals surface area contributed by atoms with E-state index >= 15 is 0 Å². The molecule has 1 saturated heterocycles. The molecule has 2 rings (SSSR count). The van der Waals surface area contributed by atoms with Crippen molar-refractivity contribution in [1.29, 1.82) is 0 Å². The van der Waals surface area contributed by atoms with Gasteiger partial charge in [-0.15, -0.1) is 0 Å². The molecule has 0 bridgehead atoms. The maximum absolute atomic E-state index is 5.85. The predicted molar refractivity (Wildman–Crippen MR) is 65.2 cm³/mol. The fourth-order valence-electron chi connectivity index (χ4n) is 2.17. The van der Waals surface area contributed by atoms with Crippen molar-refractivity contribution in [2.24, 2.45) is 0 Å². The Morgan fingerprint density at radius 1 is 1.50 bits per heavy atom. The van der Waals surface area contributed by atoms with Crippen LogP contribution in [0.5, 0.6) is 0 Å². The van der Waals surface area contributed by atoms with Gasteiger partial charge in [0.1, 0.15) is 5.15 Å². The third-order valence-corrected chi connectivity index (χ3v) is 3.26. The molecule has 1 unspecified atom stereocenters. The number of nitrogens with zero attached hydrogens (tertiary/aromatic N) is 3. The second-order valence-electron chi connectivity index (χ2n) is 4.36. The topological polar surface area (TPSA) is 55.0 Å². The number of rotatable bonds is 2. The van der Waals surface area contributed by atoms with Crippen LogP contribution in [0.2, 0.25) is 5.15 Å². The lowest BCUT2D eigenvalue weighted by Gasteiger charge is -2.32. The summed E-state index contributed by atoms with van der Waals surface area (Å²) >= 11 is 5.85. The number of halogens is 1. The quantitative estimate of drug-likeness (QED) is 0.805. The molecule has 1 aliphatic rings. The van der Waals surface area contributed by atoms with Crippen LogP contribution in [0.4, 0.5) is 5.95 Å². The van der Waals surface area contributed by atoms with E-state index in [1.165, 1.54) is 19.3 Å². The Balaban J connectivity index is 2.07. The molecular weight excluding hydrogens is 224 g/mol. The van der Waals surface area contributed by atoms with E-state index in [4.69, 9.17) is 17.3 Å². The first-order valence-electron chi connectivity index (χ1n) is 5.68. The first kappa shape index (κ1) is 11.6. The van der Waals surface area contributed by atoms with E-state index in [0.717, 1.165) is 18.8 Å². The average molecular weight is 241 g/mol. The molecule has 5 heteroatoms. The first-order chi connectivity index (χ1) is 7.65. The molecule has 2 N–H and O–H groups in total. The van der Waals surface area contributed by atoms with Crippen LogP contribution in [0.25, 0.3) is 0 Å². The highest BCUT2D eigenvalue weighted by Gasteiger charge is 2.18. The molecule has 0 saturated carbocycles. The van der Waals surface area contributed by atoms with E-state index in [0.29, 0.717) is 11.2 Å². The summed E-state index contributed by atoms with van der Waals surface area (Å²) in [6.45, 7) is 4.20. The second kappa shape index (κ2) is 4.97. The molecule has 0 radical (unpaired) electrons. The van der Waals surface area contributed by atoms with Gasteiger partial charge in [-0.05, 0) is 32.4 Å². The number of hydrogen-bond acceptors (Lipinski definition) is 4. The fourth-order valence-corrected chi connectivity index (χ4v) is 2.38. The van der Waals surface area contributed by atoms with Gasteiger partial charge < -0.3 is 5.73 Å². The lowest BCUT2D eigenvalue weighted by Crippen LogP contribution is -2.37. The highest BCUT2D eigenvalue weighted by Crippen LogP contribution is 2.19. The summed E-state index contributed by atoms with van der Waals surface area (Å²) < 4.78 is 0. The van der Waals surface area contributed by atoms with Crippen molar-refractivity contribution < 1.29 is 0 Å². The molecule has 88 valence electrons. The van der Waals surface area contributed by atoms with E-state index in [1.54, 1.807) is 6.07 Å². The molecule has 0 aliphatic carbocycles. The van der Waals surface area contributed by atoms with Gasteiger partial charge in [-0.2, -0.15) is 0 Å². The number of nitrogen functional groups attached to an aromatic ring is 1. The number of aromatic nitrogens is 2. The third kappa shape index (κ3) is 2.83. The molecule has 1 atom stereocenters. The first-order valence-corrected chi connectivity index (χ1v) is 6.06. The van der Waals surface area contributed by atoms with Crippen LogP contribution in [0.15, 0.2) is 6.07 Å². The van der Waals surface area contributed by atoms with E-state index in [9.17, 15) is 0 Å². The summed E-state index contributed by atoms with van der Waals surface area (Å²) in [5.41, 5.74) is 6.48. The maximum Gasteiger partial charge on any atom is 0.221 e. The molecule has 1 aromatic rings. The minimum absolute atomic E-state index is 0.257. The molecule has 1 aromatic heterocycles. The monoisotopic (exact) mass is 240 g/mol. The maximum atomic E-state index is 5.85. The van der Waals surface area contributed by atoms with Gasteiger partial charge in [-0.25, -0.2) is 9.97 Å². The Labute approximate surface area is 101 Å². The Morgan fingerprint density at radius 3 is 3.00 bits per heavy atom. The number of hydrogen-bond donors (Lipinski definition) is 1. The Bertz CT molecular complexity index is 349. The van der Waals surface area contributed by atoms with Crippen molar-refractivity contribution >= 4 is 17.5 Å². The smallest absolute Gasteiger partial charge is 0.221 e. The van der Waals surface area contributed by atoms with Gasteiger partial charge in [0.25, 0.3) is 0 Å². The van der Waals surface area contributed by atoms with Gasteiger partial charge in [-0.1, -0.05) is 18.0 Å². The SMILES string of the molecule is CC1CCCCN1Cc1cc(Cl)nc(N)n1. The van der Waals surface area contributed by atoms with Gasteiger partial charge in [0.2, 0.25) is 5.95 Å². The summed E-state index contributed by atoms with van der Waals surface area (Å²) in [7, 11) is 0. The summed E-state index contributed by atoms with van der Waals surface area (Å²) in [6.07, 6.45) is 3.84. The van der Waals surface area contributed by atoms with Crippen molar-refractivity contribution in [2.75, 3.05) is 12.3 Å². The van der Waals surface area contributed by atoms with Crippen molar-refractivity contribution in [3.05, 3.63) is 16.9 Å². The van der Waals surface area contributed by atoms with Crippen LogP contribution in [0, 0.1) is 0 Å². The van der Waals surface area contributed by atoms with Gasteiger partial charge in [0.05, 0.1) is 5.69 Å². The fraction of sp³-hybridized carbons (Fsp3) is 0.636. The van der Waals surface area contributed by atoms with Gasteiger partial charge in [0, 0.05) is 12.6 Å². The van der Waals surface area contributed by atoms with Gasteiger partial charge in [0.15, 0.2) is 0 Å². The van der Waals surface area contributed by atoms with Crippen molar-refractivity contribution in [3.63, 3.8) is 0 Å². The Morgan fingerprint density at radius 2 is 2.31 bits per heavy atom. The number of anilines is 1. The third-order valence-electron chi connectivity index (χ3n) is 3.07. The van der Waals surface area contributed by atoms with Gasteiger partial charge in [-0.3, -0.25) is 4.90 Å². The van der Waals surface area contributed by atoms with Crippen LogP contribution < -0.4 is 5.73 Å². The summed E-state index contributed by atoms with van der Waals surface area (Å²) in [5, 5.41) is 0.423. The molecule has 0 amide bonds. The van der Waals surface area contributed by atoms with Crippen LogP contribution in [-0.4, -0.2) is 27.5 Å². The van der Waals surface area contributed by atoms with Crippen molar-refractivity contribution in [2.45, 2.75) is 38.8 Å². The highest BCUT2D eigenvalue weighted by molar-refractivity contribution is 6.29. The molecule has 0 aromatic carbocycles. The number of nitrogens with two attached hydrogens (primary N) is 1. The lowest BCUT2D eigenvalue weighted by molar-refractivity contribution is 0.151. The van der Waals surface area contributed by atoms with Crippen LogP contribution in [0.1, 0.15) is 31.9 Å².